The molecule has 1 aromatic heterocycles. The molecule has 23 heavy (non-hydrogen) atoms. The van der Waals surface area contributed by atoms with Crippen LogP contribution in [0.15, 0.2) is 42.6 Å². The normalized spacial score (nSPS) is 16.3. The average Bonchev–Trinajstić information content (AvgIpc) is 2.80. The molecule has 0 bridgehead atoms. The Labute approximate surface area is 132 Å². The van der Waals surface area contributed by atoms with E-state index in [1.807, 2.05) is 13.8 Å². The minimum absolute atomic E-state index is 0.174. The summed E-state index contributed by atoms with van der Waals surface area (Å²) in [6, 6.07) is 8.56. The van der Waals surface area contributed by atoms with E-state index >= 15 is 0 Å². The van der Waals surface area contributed by atoms with Crippen molar-refractivity contribution >= 4 is 11.8 Å². The SMILES string of the molecule is CC1(C)CN(C(=O)O)c2cc(C(F)(F)c3ccccc3)ncc21. The first-order valence-electron chi connectivity index (χ1n) is 7.18. The topological polar surface area (TPSA) is 53.4 Å². The van der Waals surface area contributed by atoms with Crippen molar-refractivity contribution in [2.24, 2.45) is 0 Å². The molecule has 120 valence electrons. The summed E-state index contributed by atoms with van der Waals surface area (Å²) in [6.07, 6.45) is 0.210. The number of alkyl halides is 2. The highest BCUT2D eigenvalue weighted by Gasteiger charge is 2.42. The van der Waals surface area contributed by atoms with E-state index in [-0.39, 0.29) is 17.8 Å². The zero-order valence-corrected chi connectivity index (χ0v) is 12.8. The third-order valence-electron chi connectivity index (χ3n) is 4.14. The summed E-state index contributed by atoms with van der Waals surface area (Å²) in [6.45, 7) is 3.95. The van der Waals surface area contributed by atoms with Gasteiger partial charge < -0.3 is 5.11 Å². The van der Waals surface area contributed by atoms with Crippen LogP contribution in [0.5, 0.6) is 0 Å². The van der Waals surface area contributed by atoms with E-state index in [9.17, 15) is 18.7 Å². The molecule has 1 amide bonds. The second kappa shape index (κ2) is 5.01. The predicted octanol–water partition coefficient (Wildman–Crippen LogP) is 4.00. The average molecular weight is 318 g/mol. The molecule has 1 aliphatic rings. The van der Waals surface area contributed by atoms with Gasteiger partial charge in [-0.1, -0.05) is 44.2 Å². The quantitative estimate of drug-likeness (QED) is 0.910. The van der Waals surface area contributed by atoms with Crippen molar-refractivity contribution < 1.29 is 18.7 Å². The summed E-state index contributed by atoms with van der Waals surface area (Å²) in [5, 5.41) is 9.32. The van der Waals surface area contributed by atoms with E-state index in [1.165, 1.54) is 36.5 Å². The van der Waals surface area contributed by atoms with Gasteiger partial charge in [0.15, 0.2) is 0 Å². The number of amides is 1. The summed E-state index contributed by atoms with van der Waals surface area (Å²) < 4.78 is 29.3. The smallest absolute Gasteiger partial charge is 0.411 e. The Balaban J connectivity index is 2.11. The van der Waals surface area contributed by atoms with Crippen molar-refractivity contribution in [1.82, 2.24) is 4.98 Å². The van der Waals surface area contributed by atoms with E-state index in [0.29, 0.717) is 5.56 Å². The number of hydrogen-bond acceptors (Lipinski definition) is 2. The maximum atomic E-state index is 14.6. The molecular weight excluding hydrogens is 302 g/mol. The number of pyridine rings is 1. The van der Waals surface area contributed by atoms with Gasteiger partial charge in [0.05, 0.1) is 5.69 Å². The second-order valence-corrected chi connectivity index (χ2v) is 6.28. The molecular formula is C17H16F2N2O2. The number of nitrogens with zero attached hydrogens (tertiary/aromatic N) is 2. The van der Waals surface area contributed by atoms with E-state index in [2.05, 4.69) is 4.98 Å². The van der Waals surface area contributed by atoms with Crippen LogP contribution in [0.1, 0.15) is 30.7 Å². The fourth-order valence-electron chi connectivity index (χ4n) is 2.89. The number of rotatable bonds is 2. The fraction of sp³-hybridized carbons (Fsp3) is 0.294. The lowest BCUT2D eigenvalue weighted by Crippen LogP contribution is -2.32. The lowest BCUT2D eigenvalue weighted by atomic mass is 9.88. The summed E-state index contributed by atoms with van der Waals surface area (Å²) >= 11 is 0. The number of fused-ring (bicyclic) bond motifs is 1. The second-order valence-electron chi connectivity index (χ2n) is 6.28. The summed E-state index contributed by atoms with van der Waals surface area (Å²) in [5.74, 6) is -3.28. The number of hydrogen-bond donors (Lipinski definition) is 1. The molecule has 1 N–H and O–H groups in total. The third-order valence-corrected chi connectivity index (χ3v) is 4.14. The minimum atomic E-state index is -3.28. The molecule has 0 aliphatic carbocycles. The van der Waals surface area contributed by atoms with E-state index in [1.54, 1.807) is 6.07 Å². The van der Waals surface area contributed by atoms with Gasteiger partial charge in [0.2, 0.25) is 0 Å². The first-order valence-corrected chi connectivity index (χ1v) is 7.18. The highest BCUT2D eigenvalue weighted by atomic mass is 19.3. The maximum Gasteiger partial charge on any atom is 0.411 e. The van der Waals surface area contributed by atoms with Crippen LogP contribution < -0.4 is 4.90 Å². The summed E-state index contributed by atoms with van der Waals surface area (Å²) in [7, 11) is 0. The Bertz CT molecular complexity index is 760. The van der Waals surface area contributed by atoms with Crippen molar-refractivity contribution in [3.8, 4) is 0 Å². The predicted molar refractivity (Wildman–Crippen MR) is 82.1 cm³/mol. The lowest BCUT2D eigenvalue weighted by molar-refractivity contribution is 0.0380. The maximum absolute atomic E-state index is 14.6. The molecule has 0 unspecified atom stereocenters. The van der Waals surface area contributed by atoms with Crippen LogP contribution >= 0.6 is 0 Å². The van der Waals surface area contributed by atoms with Gasteiger partial charge in [0.25, 0.3) is 0 Å². The van der Waals surface area contributed by atoms with Crippen molar-refractivity contribution in [2.45, 2.75) is 25.2 Å². The van der Waals surface area contributed by atoms with Gasteiger partial charge in [0, 0.05) is 29.3 Å². The molecule has 3 rings (SSSR count). The van der Waals surface area contributed by atoms with Crippen molar-refractivity contribution in [3.63, 3.8) is 0 Å². The van der Waals surface area contributed by atoms with Crippen LogP contribution in [0.25, 0.3) is 0 Å². The van der Waals surface area contributed by atoms with Gasteiger partial charge in [-0.05, 0) is 6.07 Å². The highest BCUT2D eigenvalue weighted by molar-refractivity contribution is 5.90. The Morgan fingerprint density at radius 2 is 1.96 bits per heavy atom. The molecule has 0 saturated heterocycles. The summed E-state index contributed by atoms with van der Waals surface area (Å²) in [5.41, 5.74) is -0.144. The first kappa shape index (κ1) is 15.4. The van der Waals surface area contributed by atoms with Crippen molar-refractivity contribution in [3.05, 3.63) is 59.4 Å². The zero-order valence-electron chi connectivity index (χ0n) is 12.8. The molecule has 2 aromatic rings. The van der Waals surface area contributed by atoms with Gasteiger partial charge in [-0.25, -0.2) is 4.79 Å². The van der Waals surface area contributed by atoms with Crippen LogP contribution in [0, 0.1) is 0 Å². The standard InChI is InChI=1S/C17H16F2N2O2/c1-16(2)10-21(15(22)23)13-8-14(20-9-12(13)16)17(18,19)11-6-4-3-5-7-11/h3-9H,10H2,1-2H3,(H,22,23). The minimum Gasteiger partial charge on any atom is -0.465 e. The van der Waals surface area contributed by atoms with Crippen LogP contribution in [-0.2, 0) is 11.3 Å². The molecule has 1 aliphatic heterocycles. The number of anilines is 1. The molecule has 1 aromatic carbocycles. The molecule has 4 nitrogen and oxygen atoms in total. The van der Waals surface area contributed by atoms with Crippen molar-refractivity contribution in [2.75, 3.05) is 11.4 Å². The summed E-state index contributed by atoms with van der Waals surface area (Å²) in [4.78, 5) is 16.4. The largest absolute Gasteiger partial charge is 0.465 e. The highest BCUT2D eigenvalue weighted by Crippen LogP contribution is 2.43. The number of carboxylic acid groups (broad SMARTS) is 1. The Hall–Kier alpha value is -2.50. The van der Waals surface area contributed by atoms with Gasteiger partial charge in [-0.2, -0.15) is 8.78 Å². The molecule has 0 spiro atoms. The van der Waals surface area contributed by atoms with Gasteiger partial charge in [-0.3, -0.25) is 9.88 Å². The fourth-order valence-corrected chi connectivity index (χ4v) is 2.89. The Morgan fingerprint density at radius 1 is 1.30 bits per heavy atom. The number of benzene rings is 1. The zero-order chi connectivity index (χ0) is 16.8. The van der Waals surface area contributed by atoms with Crippen molar-refractivity contribution in [1.29, 1.82) is 0 Å². The van der Waals surface area contributed by atoms with E-state index in [0.717, 1.165) is 4.90 Å². The van der Waals surface area contributed by atoms with Gasteiger partial charge in [-0.15, -0.1) is 0 Å². The molecule has 2 heterocycles. The van der Waals surface area contributed by atoms with Crippen LogP contribution in [0.4, 0.5) is 19.3 Å². The van der Waals surface area contributed by atoms with Crippen LogP contribution in [0.2, 0.25) is 0 Å². The number of halogens is 2. The molecule has 6 heteroatoms. The Morgan fingerprint density at radius 3 is 2.57 bits per heavy atom. The Kier molecular flexibility index (Phi) is 3.35. The number of carbonyl (C=O) groups is 1. The van der Waals surface area contributed by atoms with E-state index < -0.39 is 23.1 Å². The van der Waals surface area contributed by atoms with Crippen LogP contribution in [0.3, 0.4) is 0 Å². The molecule has 0 atom stereocenters. The molecule has 0 fully saturated rings. The lowest BCUT2D eigenvalue weighted by Gasteiger charge is -2.19. The van der Waals surface area contributed by atoms with Gasteiger partial charge >= 0.3 is 12.0 Å². The molecule has 0 saturated carbocycles. The first-order chi connectivity index (χ1) is 10.7. The molecule has 0 radical (unpaired) electrons. The monoisotopic (exact) mass is 318 g/mol. The van der Waals surface area contributed by atoms with E-state index in [4.69, 9.17) is 0 Å². The number of aromatic nitrogens is 1. The van der Waals surface area contributed by atoms with Gasteiger partial charge in [0.1, 0.15) is 5.69 Å². The third kappa shape index (κ3) is 2.44. The van der Waals surface area contributed by atoms with Crippen LogP contribution in [-0.4, -0.2) is 22.7 Å².